The predicted octanol–water partition coefficient (Wildman–Crippen LogP) is 2.16. The smallest absolute Gasteiger partial charge is 0.409 e. The molecule has 2 aromatic heterocycles. The van der Waals surface area contributed by atoms with Crippen molar-refractivity contribution in [3.63, 3.8) is 0 Å². The maximum atomic E-state index is 12.7. The van der Waals surface area contributed by atoms with E-state index in [2.05, 4.69) is 0 Å². The van der Waals surface area contributed by atoms with E-state index in [1.807, 2.05) is 41.9 Å². The third kappa shape index (κ3) is 3.02. The van der Waals surface area contributed by atoms with Gasteiger partial charge in [-0.2, -0.15) is 0 Å². The van der Waals surface area contributed by atoms with Crippen molar-refractivity contribution in [2.45, 2.75) is 19.4 Å². The number of aryl methyl sites for hydroxylation is 1. The molecule has 122 valence electrons. The highest BCUT2D eigenvalue weighted by molar-refractivity contribution is 5.96. The van der Waals surface area contributed by atoms with Crippen molar-refractivity contribution >= 4 is 17.5 Å². The predicted molar refractivity (Wildman–Crippen MR) is 86.6 cm³/mol. The topological polar surface area (TPSA) is 54.3 Å². The second-order valence-electron chi connectivity index (χ2n) is 6.15. The van der Waals surface area contributed by atoms with Crippen LogP contribution < -0.4 is 0 Å². The Labute approximate surface area is 135 Å². The SMILES string of the molecule is Cc1cccn2cc(C(=O)N3CCC(OC(=O)N(C)C)C3)cc12. The third-order valence-electron chi connectivity index (χ3n) is 4.16. The molecule has 0 N–H and O–H groups in total. The van der Waals surface area contributed by atoms with Gasteiger partial charge in [0.15, 0.2) is 0 Å². The monoisotopic (exact) mass is 315 g/mol. The molecule has 0 bridgehead atoms. The van der Waals surface area contributed by atoms with Crippen molar-refractivity contribution in [2.24, 2.45) is 0 Å². The van der Waals surface area contributed by atoms with E-state index in [1.54, 1.807) is 19.0 Å². The Morgan fingerprint density at radius 2 is 2.13 bits per heavy atom. The van der Waals surface area contributed by atoms with Crippen LogP contribution in [-0.2, 0) is 4.74 Å². The number of fused-ring (bicyclic) bond motifs is 1. The van der Waals surface area contributed by atoms with E-state index in [-0.39, 0.29) is 18.1 Å². The second kappa shape index (κ2) is 5.95. The third-order valence-corrected chi connectivity index (χ3v) is 4.16. The van der Waals surface area contributed by atoms with Crippen molar-refractivity contribution in [1.82, 2.24) is 14.2 Å². The lowest BCUT2D eigenvalue weighted by molar-refractivity contribution is 0.0665. The van der Waals surface area contributed by atoms with Crippen LogP contribution in [0, 0.1) is 6.92 Å². The molecule has 1 aliphatic heterocycles. The molecule has 1 unspecified atom stereocenters. The van der Waals surface area contributed by atoms with Crippen LogP contribution in [0.4, 0.5) is 4.79 Å². The summed E-state index contributed by atoms with van der Waals surface area (Å²) in [7, 11) is 3.30. The van der Waals surface area contributed by atoms with Crippen LogP contribution >= 0.6 is 0 Å². The number of aromatic nitrogens is 1. The summed E-state index contributed by atoms with van der Waals surface area (Å²) in [6, 6.07) is 5.90. The molecule has 3 rings (SSSR count). The van der Waals surface area contributed by atoms with Crippen LogP contribution in [-0.4, -0.2) is 59.5 Å². The van der Waals surface area contributed by atoms with Gasteiger partial charge in [-0.25, -0.2) is 4.79 Å². The Bertz CT molecular complexity index is 751. The average molecular weight is 315 g/mol. The molecule has 3 heterocycles. The largest absolute Gasteiger partial charge is 0.444 e. The molecule has 0 spiro atoms. The van der Waals surface area contributed by atoms with Gasteiger partial charge in [-0.3, -0.25) is 4.79 Å². The minimum absolute atomic E-state index is 0.0171. The van der Waals surface area contributed by atoms with Crippen LogP contribution in [0.5, 0.6) is 0 Å². The summed E-state index contributed by atoms with van der Waals surface area (Å²) in [5, 5.41) is 0. The zero-order valence-corrected chi connectivity index (χ0v) is 13.7. The number of carbonyl (C=O) groups is 2. The number of carbonyl (C=O) groups excluding carboxylic acids is 2. The normalized spacial score (nSPS) is 17.5. The van der Waals surface area contributed by atoms with E-state index >= 15 is 0 Å². The number of rotatable bonds is 2. The van der Waals surface area contributed by atoms with Gasteiger partial charge in [0, 0.05) is 45.0 Å². The summed E-state index contributed by atoms with van der Waals surface area (Å²) in [4.78, 5) is 27.4. The summed E-state index contributed by atoms with van der Waals surface area (Å²) in [5.41, 5.74) is 2.83. The second-order valence-corrected chi connectivity index (χ2v) is 6.15. The zero-order valence-electron chi connectivity index (χ0n) is 13.7. The Balaban J connectivity index is 1.71. The number of amides is 2. The highest BCUT2D eigenvalue weighted by Gasteiger charge is 2.30. The Morgan fingerprint density at radius 1 is 1.35 bits per heavy atom. The van der Waals surface area contributed by atoms with Crippen molar-refractivity contribution in [1.29, 1.82) is 0 Å². The van der Waals surface area contributed by atoms with E-state index in [4.69, 9.17) is 4.74 Å². The van der Waals surface area contributed by atoms with E-state index in [9.17, 15) is 9.59 Å². The first-order valence-electron chi connectivity index (χ1n) is 7.70. The van der Waals surface area contributed by atoms with Gasteiger partial charge < -0.3 is 18.9 Å². The summed E-state index contributed by atoms with van der Waals surface area (Å²) >= 11 is 0. The van der Waals surface area contributed by atoms with Crippen LogP contribution in [0.2, 0.25) is 0 Å². The van der Waals surface area contributed by atoms with E-state index in [0.29, 0.717) is 25.1 Å². The van der Waals surface area contributed by atoms with Crippen LogP contribution in [0.15, 0.2) is 30.6 Å². The van der Waals surface area contributed by atoms with Crippen molar-refractivity contribution < 1.29 is 14.3 Å². The molecular formula is C17H21N3O3. The minimum atomic E-state index is -0.366. The van der Waals surface area contributed by atoms with Gasteiger partial charge in [0.2, 0.25) is 0 Å². The van der Waals surface area contributed by atoms with Crippen molar-refractivity contribution in [2.75, 3.05) is 27.2 Å². The van der Waals surface area contributed by atoms with E-state index in [1.165, 1.54) is 4.90 Å². The molecule has 6 nitrogen and oxygen atoms in total. The molecule has 0 saturated carbocycles. The number of likely N-dealkylation sites (tertiary alicyclic amines) is 1. The van der Waals surface area contributed by atoms with E-state index in [0.717, 1.165) is 11.1 Å². The molecule has 2 amide bonds. The van der Waals surface area contributed by atoms with Crippen molar-refractivity contribution in [3.05, 3.63) is 41.7 Å². The Kier molecular flexibility index (Phi) is 3.98. The van der Waals surface area contributed by atoms with Gasteiger partial charge >= 0.3 is 6.09 Å². The number of hydrogen-bond donors (Lipinski definition) is 0. The van der Waals surface area contributed by atoms with Crippen LogP contribution in [0.25, 0.3) is 5.52 Å². The highest BCUT2D eigenvalue weighted by atomic mass is 16.6. The molecule has 1 fully saturated rings. The molecule has 0 radical (unpaired) electrons. The molecular weight excluding hydrogens is 294 g/mol. The molecule has 0 aromatic carbocycles. The maximum absolute atomic E-state index is 12.7. The Hall–Kier alpha value is -2.50. The number of hydrogen-bond acceptors (Lipinski definition) is 3. The average Bonchev–Trinajstić information content (AvgIpc) is 3.13. The summed E-state index contributed by atoms with van der Waals surface area (Å²) in [6.45, 7) is 3.08. The van der Waals surface area contributed by atoms with Gasteiger partial charge in [0.1, 0.15) is 6.10 Å². The first kappa shape index (κ1) is 15.4. The number of pyridine rings is 1. The summed E-state index contributed by atoms with van der Waals surface area (Å²) in [5.74, 6) is -0.0171. The first-order valence-corrected chi connectivity index (χ1v) is 7.70. The Morgan fingerprint density at radius 3 is 2.83 bits per heavy atom. The molecule has 0 aliphatic carbocycles. The van der Waals surface area contributed by atoms with Gasteiger partial charge in [-0.05, 0) is 24.6 Å². The fourth-order valence-corrected chi connectivity index (χ4v) is 2.84. The fourth-order valence-electron chi connectivity index (χ4n) is 2.84. The van der Waals surface area contributed by atoms with E-state index < -0.39 is 0 Å². The molecule has 1 saturated heterocycles. The molecule has 1 aliphatic rings. The molecule has 1 atom stereocenters. The molecule has 23 heavy (non-hydrogen) atoms. The number of nitrogens with zero attached hydrogens (tertiary/aromatic N) is 3. The summed E-state index contributed by atoms with van der Waals surface area (Å²) in [6.07, 6.45) is 3.87. The lowest BCUT2D eigenvalue weighted by atomic mass is 10.2. The van der Waals surface area contributed by atoms with Gasteiger partial charge in [-0.15, -0.1) is 0 Å². The minimum Gasteiger partial charge on any atom is -0.444 e. The molecule has 2 aromatic rings. The lowest BCUT2D eigenvalue weighted by Gasteiger charge is -2.17. The van der Waals surface area contributed by atoms with Gasteiger partial charge in [0.05, 0.1) is 12.1 Å². The van der Waals surface area contributed by atoms with Gasteiger partial charge in [-0.1, -0.05) is 6.07 Å². The standard InChI is InChI=1S/C17H21N3O3/c1-12-5-4-7-19-10-13(9-15(12)19)16(21)20-8-6-14(11-20)23-17(22)18(2)3/h4-5,7,9-10,14H,6,8,11H2,1-3H3. The first-order chi connectivity index (χ1) is 11.0. The maximum Gasteiger partial charge on any atom is 0.409 e. The van der Waals surface area contributed by atoms with Crippen LogP contribution in [0.1, 0.15) is 22.3 Å². The fraction of sp³-hybridized carbons (Fsp3) is 0.412. The molecule has 6 heteroatoms. The summed E-state index contributed by atoms with van der Waals surface area (Å²) < 4.78 is 7.32. The quantitative estimate of drug-likeness (QED) is 0.853. The highest BCUT2D eigenvalue weighted by Crippen LogP contribution is 2.20. The zero-order chi connectivity index (χ0) is 16.6. The number of ether oxygens (including phenoxy) is 1. The lowest BCUT2D eigenvalue weighted by Crippen LogP contribution is -2.32. The van der Waals surface area contributed by atoms with Gasteiger partial charge in [0.25, 0.3) is 5.91 Å². The van der Waals surface area contributed by atoms with Crippen molar-refractivity contribution in [3.8, 4) is 0 Å². The van der Waals surface area contributed by atoms with Crippen LogP contribution in [0.3, 0.4) is 0 Å².